The number of carbonyl (C=O) groups excluding carboxylic acids is 4. The number of ether oxygens (including phenoxy) is 7. The Kier molecular flexibility index (Phi) is 16.0. The summed E-state index contributed by atoms with van der Waals surface area (Å²) in [5.74, 6) is -2.85. The van der Waals surface area contributed by atoms with E-state index in [0.29, 0.717) is 30.7 Å². The van der Waals surface area contributed by atoms with Crippen LogP contribution in [-0.4, -0.2) is 140 Å². The molecule has 4 saturated heterocycles. The van der Waals surface area contributed by atoms with Crippen molar-refractivity contribution in [3.8, 4) is 0 Å². The van der Waals surface area contributed by atoms with Gasteiger partial charge in [0.2, 0.25) is 5.91 Å². The molecular weight excluding hydrogens is 791 g/mol. The van der Waals surface area contributed by atoms with Gasteiger partial charge < -0.3 is 59.1 Å². The second-order valence-corrected chi connectivity index (χ2v) is 17.7. The van der Waals surface area contributed by atoms with Crippen LogP contribution in [0.3, 0.4) is 0 Å². The molecular formula is C44H67N5O12. The normalized spacial score (nSPS) is 38.2. The number of nitrogens with one attached hydrogen (secondary N) is 3. The first-order chi connectivity index (χ1) is 28.8. The Hall–Kier alpha value is -4.13. The fourth-order valence-corrected chi connectivity index (χ4v) is 9.56. The van der Waals surface area contributed by atoms with E-state index < -0.39 is 89.8 Å². The summed E-state index contributed by atoms with van der Waals surface area (Å²) in [5, 5.41) is 19.8. The van der Waals surface area contributed by atoms with E-state index in [1.165, 1.54) is 6.20 Å². The van der Waals surface area contributed by atoms with Crippen LogP contribution in [-0.2, 0) is 42.7 Å². The van der Waals surface area contributed by atoms with Crippen LogP contribution in [0, 0.1) is 23.7 Å². The van der Waals surface area contributed by atoms with Gasteiger partial charge >= 0.3 is 18.2 Å². The van der Waals surface area contributed by atoms with Gasteiger partial charge in [0.15, 0.2) is 11.9 Å². The van der Waals surface area contributed by atoms with Crippen molar-refractivity contribution in [1.29, 1.82) is 0 Å². The molecule has 4 fully saturated rings. The van der Waals surface area contributed by atoms with Gasteiger partial charge in [-0.05, 0) is 90.8 Å². The number of hydrogen-bond donors (Lipinski definition) is 4. The molecule has 5 heterocycles. The molecule has 4 aliphatic heterocycles. The van der Waals surface area contributed by atoms with Crippen molar-refractivity contribution in [3.05, 3.63) is 48.2 Å². The lowest BCUT2D eigenvalue weighted by atomic mass is 9.71. The van der Waals surface area contributed by atoms with Gasteiger partial charge in [-0.1, -0.05) is 45.9 Å². The number of nitrogens with zero attached hydrogens (tertiary/aromatic N) is 2. The molecule has 340 valence electrons. The lowest BCUT2D eigenvalue weighted by Gasteiger charge is -2.49. The molecule has 17 heteroatoms. The van der Waals surface area contributed by atoms with E-state index in [4.69, 9.17) is 33.2 Å². The van der Waals surface area contributed by atoms with Gasteiger partial charge in [-0.15, -0.1) is 0 Å². The maximum atomic E-state index is 14.3. The highest BCUT2D eigenvalue weighted by molar-refractivity contribution is 5.93. The van der Waals surface area contributed by atoms with Crippen LogP contribution < -0.4 is 16.0 Å². The molecule has 4 aliphatic rings. The van der Waals surface area contributed by atoms with Crippen molar-refractivity contribution >= 4 is 29.9 Å². The number of aliphatic hydroxyl groups excluding tert-OH is 1. The third-order valence-corrected chi connectivity index (χ3v) is 12.7. The van der Waals surface area contributed by atoms with E-state index in [-0.39, 0.29) is 44.4 Å². The first kappa shape index (κ1) is 47.9. The van der Waals surface area contributed by atoms with Gasteiger partial charge in [-0.25, -0.2) is 14.6 Å². The van der Waals surface area contributed by atoms with Crippen LogP contribution in [0.2, 0.25) is 0 Å². The van der Waals surface area contributed by atoms with Gasteiger partial charge in [-0.2, -0.15) is 0 Å². The number of fused-ring (bicyclic) bond motifs is 4. The number of esters is 1. The molecule has 0 radical (unpaired) electrons. The van der Waals surface area contributed by atoms with Crippen LogP contribution in [0.4, 0.5) is 15.4 Å². The van der Waals surface area contributed by atoms with Gasteiger partial charge in [0, 0.05) is 24.1 Å². The number of hydrogen-bond acceptors (Lipinski definition) is 14. The highest BCUT2D eigenvalue weighted by Crippen LogP contribution is 2.44. The molecule has 0 aliphatic carbocycles. The quantitative estimate of drug-likeness (QED) is 0.155. The summed E-state index contributed by atoms with van der Waals surface area (Å²) in [7, 11) is 3.81. The minimum absolute atomic E-state index is 0.109. The summed E-state index contributed by atoms with van der Waals surface area (Å²) in [6.45, 7) is 19.1. The second-order valence-electron chi connectivity index (χ2n) is 17.7. The summed E-state index contributed by atoms with van der Waals surface area (Å²) in [6, 6.07) is 4.13. The van der Waals surface area contributed by atoms with Gasteiger partial charge in [-0.3, -0.25) is 9.59 Å². The number of alkyl carbamates (subject to hydrolysis) is 2. The first-order valence-electron chi connectivity index (χ1n) is 21.4. The highest BCUT2D eigenvalue weighted by atomic mass is 16.7. The predicted octanol–water partition coefficient (Wildman–Crippen LogP) is 4.35. The van der Waals surface area contributed by atoms with Crippen molar-refractivity contribution in [1.82, 2.24) is 20.5 Å². The third kappa shape index (κ3) is 11.3. The number of rotatable bonds is 9. The molecule has 5 rings (SSSR count). The molecule has 3 unspecified atom stereocenters. The fourth-order valence-electron chi connectivity index (χ4n) is 9.56. The Labute approximate surface area is 359 Å². The molecule has 61 heavy (non-hydrogen) atoms. The van der Waals surface area contributed by atoms with E-state index in [9.17, 15) is 24.3 Å². The number of aliphatic hydroxyl groups is 1. The summed E-state index contributed by atoms with van der Waals surface area (Å²) < 4.78 is 44.5. The number of cyclic esters (lactones) is 1. The Balaban J connectivity index is 1.54. The molecule has 17 nitrogen and oxygen atoms in total. The third-order valence-electron chi connectivity index (χ3n) is 12.7. The largest absolute Gasteiger partial charge is 0.458 e. The number of aromatic nitrogens is 1. The highest BCUT2D eigenvalue weighted by Gasteiger charge is 2.57. The molecule has 1 aromatic rings. The summed E-state index contributed by atoms with van der Waals surface area (Å²) in [5.41, 5.74) is -1.00. The molecule has 3 amide bonds. The molecule has 0 aromatic carbocycles. The Bertz CT molecular complexity index is 1750. The van der Waals surface area contributed by atoms with Crippen LogP contribution in [0.5, 0.6) is 0 Å². The number of pyridine rings is 1. The predicted molar refractivity (Wildman–Crippen MR) is 224 cm³/mol. The van der Waals surface area contributed by atoms with Crippen molar-refractivity contribution < 1.29 is 57.4 Å². The maximum absolute atomic E-state index is 14.3. The van der Waals surface area contributed by atoms with E-state index in [2.05, 4.69) is 27.5 Å². The standard InChI is InChI=1S/C44H67N5O12/c1-12-32-44(9)37(48-42(54)61-44)27(5)30(16-18-55-41(53)46-21-34(50)47-33-15-13-14-17-45-33)25(3)20-43(8)38(60-40-35(51)31(49(10)11)19-26(4)58-40)28(6)36(29(7)39(52)59-32)56-22-24(2)23-57-43/h13-17,25-29,31-32,35-38,40,51H,2,12,18-23H2,1,3-11H3,(H,46,53)(H,48,54)(H,45,47,50)/b30-16+/t25-,26-,27+,28+,29-,31+,32-,35-,36?,37?,38-,40?,43-,44-/m1/s1. The van der Waals surface area contributed by atoms with E-state index in [1.54, 1.807) is 38.1 Å². The van der Waals surface area contributed by atoms with E-state index in [0.717, 1.165) is 5.57 Å². The van der Waals surface area contributed by atoms with Crippen molar-refractivity contribution in [2.24, 2.45) is 23.7 Å². The second kappa shape index (κ2) is 20.4. The lowest BCUT2D eigenvalue weighted by Crippen LogP contribution is -2.60. The smallest absolute Gasteiger partial charge is 0.408 e. The zero-order chi connectivity index (χ0) is 44.8. The van der Waals surface area contributed by atoms with Crippen LogP contribution >= 0.6 is 0 Å². The Morgan fingerprint density at radius 3 is 2.52 bits per heavy atom. The number of likely N-dealkylation sites (N-methyl/N-ethyl adjacent to an activating group) is 1. The summed E-state index contributed by atoms with van der Waals surface area (Å²) >= 11 is 0. The maximum Gasteiger partial charge on any atom is 0.408 e. The topological polar surface area (TPSA) is 205 Å². The monoisotopic (exact) mass is 857 g/mol. The average molecular weight is 858 g/mol. The lowest BCUT2D eigenvalue weighted by molar-refractivity contribution is -0.302. The minimum Gasteiger partial charge on any atom is -0.458 e. The minimum atomic E-state index is -1.30. The van der Waals surface area contributed by atoms with E-state index >= 15 is 0 Å². The average Bonchev–Trinajstić information content (AvgIpc) is 3.54. The molecule has 1 aromatic heterocycles. The van der Waals surface area contributed by atoms with Crippen molar-refractivity contribution in [2.45, 2.75) is 135 Å². The van der Waals surface area contributed by atoms with Crippen LogP contribution in [0.25, 0.3) is 0 Å². The van der Waals surface area contributed by atoms with Gasteiger partial charge in [0.05, 0.1) is 49.1 Å². The number of amides is 3. The summed E-state index contributed by atoms with van der Waals surface area (Å²) in [6.07, 6.45) is -1.64. The Morgan fingerprint density at radius 1 is 1.11 bits per heavy atom. The van der Waals surface area contributed by atoms with Gasteiger partial charge in [0.25, 0.3) is 0 Å². The van der Waals surface area contributed by atoms with Crippen LogP contribution in [0.1, 0.15) is 74.7 Å². The SMILES string of the molecule is C=C1COC2[C@@H](C)C(=O)O[C@H](CC)[C@@]3(C)OC(=O)NC3[C@@H](C)/C(=C/COC(=O)NCC(=O)Nc3ccccn3)[C@H](C)C[C@@](C)(OC1)[C@H](OC1O[C@H](C)C[C@H](N(C)C)[C@H]1O)[C@H]2C. The first-order valence-corrected chi connectivity index (χ1v) is 21.4. The van der Waals surface area contributed by atoms with E-state index in [1.807, 2.05) is 60.5 Å². The molecule has 0 spiro atoms. The fraction of sp³-hybridized carbons (Fsp3) is 0.705. The molecule has 2 bridgehead atoms. The number of carbonyl (C=O) groups is 4. The number of anilines is 1. The zero-order valence-electron chi connectivity index (χ0n) is 37.3. The van der Waals surface area contributed by atoms with Crippen molar-refractivity contribution in [3.63, 3.8) is 0 Å². The van der Waals surface area contributed by atoms with Gasteiger partial charge in [0.1, 0.15) is 31.2 Å². The molecule has 0 saturated carbocycles. The summed E-state index contributed by atoms with van der Waals surface area (Å²) in [4.78, 5) is 58.9. The molecule has 14 atom stereocenters. The van der Waals surface area contributed by atoms with Crippen molar-refractivity contribution in [2.75, 3.05) is 45.8 Å². The Morgan fingerprint density at radius 2 is 1.85 bits per heavy atom. The zero-order valence-corrected chi connectivity index (χ0v) is 37.3. The van der Waals surface area contributed by atoms with Crippen LogP contribution in [0.15, 0.2) is 48.2 Å². The molecule has 4 N–H and O–H groups in total.